The summed E-state index contributed by atoms with van der Waals surface area (Å²) in [4.78, 5) is -0.0899. The van der Waals surface area contributed by atoms with Gasteiger partial charge in [-0.1, -0.05) is 11.3 Å². The Bertz CT molecular complexity index is 772. The quantitative estimate of drug-likeness (QED) is 0.383. The second kappa shape index (κ2) is 8.84. The van der Waals surface area contributed by atoms with Crippen LogP contribution in [-0.2, 0) is 30.9 Å². The van der Waals surface area contributed by atoms with Gasteiger partial charge >= 0.3 is 0 Å². The molecule has 1 aromatic heterocycles. The third-order valence-corrected chi connectivity index (χ3v) is 5.33. The van der Waals surface area contributed by atoms with Crippen molar-refractivity contribution in [2.45, 2.75) is 18.4 Å². The molecule has 0 spiro atoms. The topological polar surface area (TPSA) is 85.9 Å². The molecule has 134 valence electrons. The lowest BCUT2D eigenvalue weighted by atomic mass is 10.3. The maximum atomic E-state index is 11.2. The number of hydrogen-bond acceptors (Lipinski definition) is 6. The molecule has 0 aliphatic heterocycles. The molecule has 0 fully saturated rings. The predicted octanol–water partition coefficient (Wildman–Crippen LogP) is 1.42. The van der Waals surface area contributed by atoms with Crippen LogP contribution in [0.5, 0.6) is 0 Å². The minimum Gasteiger partial charge on any atom is -0.382 e. The van der Waals surface area contributed by atoms with Gasteiger partial charge in [0.05, 0.1) is 31.3 Å². The normalized spacial score (nSPS) is 12.1. The molecule has 1 heterocycles. The monoisotopic (exact) mass is 376 g/mol. The van der Waals surface area contributed by atoms with E-state index in [1.165, 1.54) is 23.5 Å². The average molecular weight is 376 g/mol. The third-order valence-electron chi connectivity index (χ3n) is 3.42. The van der Waals surface area contributed by atoms with Crippen molar-refractivity contribution in [3.8, 4) is 0 Å². The van der Waals surface area contributed by atoms with Crippen LogP contribution in [0.3, 0.4) is 0 Å². The Morgan fingerprint density at radius 2 is 1.79 bits per heavy atom. The van der Waals surface area contributed by atoms with E-state index in [1.54, 1.807) is 13.2 Å². The zero-order chi connectivity index (χ0) is 17.6. The molecule has 2 rings (SSSR count). The molecule has 0 atom stereocenters. The third kappa shape index (κ3) is 5.20. The molecular weight excluding hydrogens is 354 g/mol. The van der Waals surface area contributed by atoms with Gasteiger partial charge in [-0.3, -0.25) is 4.55 Å². The zero-order valence-corrected chi connectivity index (χ0v) is 15.4. The summed E-state index contributed by atoms with van der Waals surface area (Å²) in [7, 11) is -2.55. The van der Waals surface area contributed by atoms with Gasteiger partial charge in [0.2, 0.25) is 10.5 Å². The molecule has 0 radical (unpaired) electrons. The summed E-state index contributed by atoms with van der Waals surface area (Å²) in [5.74, 6) is 0. The van der Waals surface area contributed by atoms with Crippen molar-refractivity contribution in [1.29, 1.82) is 0 Å². The maximum absolute atomic E-state index is 11.2. The van der Waals surface area contributed by atoms with Gasteiger partial charge in [0, 0.05) is 20.1 Å². The summed E-state index contributed by atoms with van der Waals surface area (Å²) in [5.41, 5.74) is 0.921. The molecule has 0 amide bonds. The molecule has 7 nitrogen and oxygen atoms in total. The summed E-state index contributed by atoms with van der Waals surface area (Å²) in [5, 5.41) is 1.04. The van der Waals surface area contributed by atoms with Crippen molar-refractivity contribution in [3.63, 3.8) is 0 Å². The summed E-state index contributed by atoms with van der Waals surface area (Å²) < 4.78 is 50.2. The van der Waals surface area contributed by atoms with Gasteiger partial charge in [-0.05, 0) is 12.1 Å². The molecule has 0 unspecified atom stereocenters. The highest BCUT2D eigenvalue weighted by Gasteiger charge is 2.19. The number of benzene rings is 1. The number of thiazole rings is 1. The number of aryl methyl sites for hydroxylation is 1. The Morgan fingerprint density at radius 3 is 2.46 bits per heavy atom. The number of hydrogen-bond donors (Lipinski definition) is 1. The number of ether oxygens (including phenoxy) is 3. The molecule has 9 heteroatoms. The standard InChI is InChI=1S/C15H21NO6S2/c1-12-16(5-6-21-9-10-22-8-7-20-2)14-4-3-13(24(17,18)19)11-15(14)23-12/h3-4,11H,5-10H2,1-2H3/p+1. The van der Waals surface area contributed by atoms with E-state index in [1.807, 2.05) is 6.92 Å². The second-order valence-electron chi connectivity index (χ2n) is 5.09. The van der Waals surface area contributed by atoms with Gasteiger partial charge in [0.25, 0.3) is 10.1 Å². The number of aromatic nitrogens is 1. The highest BCUT2D eigenvalue weighted by molar-refractivity contribution is 7.85. The summed E-state index contributed by atoms with van der Waals surface area (Å²) >= 11 is 1.48. The van der Waals surface area contributed by atoms with Gasteiger partial charge in [-0.15, -0.1) is 0 Å². The van der Waals surface area contributed by atoms with E-state index >= 15 is 0 Å². The van der Waals surface area contributed by atoms with Crippen LogP contribution in [0.1, 0.15) is 5.01 Å². The minimum absolute atomic E-state index is 0.0899. The van der Waals surface area contributed by atoms with E-state index in [0.29, 0.717) is 39.6 Å². The van der Waals surface area contributed by atoms with E-state index in [-0.39, 0.29) is 4.90 Å². The van der Waals surface area contributed by atoms with Crippen molar-refractivity contribution in [2.24, 2.45) is 0 Å². The average Bonchev–Trinajstić information content (AvgIpc) is 2.84. The van der Waals surface area contributed by atoms with Gasteiger partial charge in [-0.25, -0.2) is 0 Å². The van der Waals surface area contributed by atoms with Crippen molar-refractivity contribution in [3.05, 3.63) is 23.2 Å². The minimum atomic E-state index is -4.18. The maximum Gasteiger partial charge on any atom is 0.294 e. The largest absolute Gasteiger partial charge is 0.382 e. The first kappa shape index (κ1) is 19.2. The first-order chi connectivity index (χ1) is 11.4. The second-order valence-corrected chi connectivity index (χ2v) is 7.75. The molecule has 1 aromatic carbocycles. The lowest BCUT2D eigenvalue weighted by Gasteiger charge is -2.04. The molecule has 0 saturated carbocycles. The van der Waals surface area contributed by atoms with Gasteiger partial charge in [-0.2, -0.15) is 13.0 Å². The highest BCUT2D eigenvalue weighted by Crippen LogP contribution is 2.23. The number of fused-ring (bicyclic) bond motifs is 1. The van der Waals surface area contributed by atoms with E-state index in [4.69, 9.17) is 18.8 Å². The first-order valence-electron chi connectivity index (χ1n) is 7.48. The Labute approximate surface area is 145 Å². The van der Waals surface area contributed by atoms with Crippen LogP contribution in [0, 0.1) is 6.92 Å². The summed E-state index contributed by atoms with van der Waals surface area (Å²) in [6.45, 7) is 5.32. The lowest BCUT2D eigenvalue weighted by molar-refractivity contribution is -0.674. The van der Waals surface area contributed by atoms with E-state index in [2.05, 4.69) is 4.57 Å². The van der Waals surface area contributed by atoms with Crippen LogP contribution < -0.4 is 4.57 Å². The molecule has 0 saturated heterocycles. The van der Waals surface area contributed by atoms with E-state index in [0.717, 1.165) is 15.2 Å². The smallest absolute Gasteiger partial charge is 0.294 e. The number of rotatable bonds is 10. The van der Waals surface area contributed by atoms with Crippen molar-refractivity contribution < 1.29 is 31.7 Å². The van der Waals surface area contributed by atoms with Crippen molar-refractivity contribution in [1.82, 2.24) is 0 Å². The molecule has 1 N–H and O–H groups in total. The van der Waals surface area contributed by atoms with Crippen LogP contribution >= 0.6 is 11.3 Å². The molecular formula is C15H22NO6S2+. The van der Waals surface area contributed by atoms with Crippen LogP contribution in [0.4, 0.5) is 0 Å². The van der Waals surface area contributed by atoms with Crippen LogP contribution in [0.15, 0.2) is 23.1 Å². The Hall–Kier alpha value is -1.10. The molecule has 0 bridgehead atoms. The SMILES string of the molecule is COCCOCCOCC[n+]1c(C)sc2cc(S(=O)(=O)O)ccc21. The Balaban J connectivity index is 1.91. The number of methoxy groups -OCH3 is 1. The number of nitrogens with zero attached hydrogens (tertiary/aromatic N) is 1. The first-order valence-corrected chi connectivity index (χ1v) is 9.74. The fraction of sp³-hybridized carbons (Fsp3) is 0.533. The van der Waals surface area contributed by atoms with Gasteiger partial charge < -0.3 is 14.2 Å². The lowest BCUT2D eigenvalue weighted by Crippen LogP contribution is -2.37. The van der Waals surface area contributed by atoms with Crippen LogP contribution in [0.2, 0.25) is 0 Å². The zero-order valence-electron chi connectivity index (χ0n) is 13.7. The molecule has 0 aliphatic rings. The summed E-state index contributed by atoms with van der Waals surface area (Å²) in [6.07, 6.45) is 0. The van der Waals surface area contributed by atoms with E-state index in [9.17, 15) is 8.42 Å². The molecule has 0 aliphatic carbocycles. The fourth-order valence-electron chi connectivity index (χ4n) is 2.24. The Kier molecular flexibility index (Phi) is 7.08. The van der Waals surface area contributed by atoms with Crippen LogP contribution in [-0.4, -0.2) is 53.1 Å². The fourth-order valence-corrected chi connectivity index (χ4v) is 3.91. The molecule has 24 heavy (non-hydrogen) atoms. The van der Waals surface area contributed by atoms with Crippen molar-refractivity contribution in [2.75, 3.05) is 40.1 Å². The highest BCUT2D eigenvalue weighted by atomic mass is 32.2. The Morgan fingerprint density at radius 1 is 1.12 bits per heavy atom. The van der Waals surface area contributed by atoms with Gasteiger partial charge in [0.15, 0.2) is 6.54 Å². The predicted molar refractivity (Wildman–Crippen MR) is 90.1 cm³/mol. The van der Waals surface area contributed by atoms with Gasteiger partial charge in [0.1, 0.15) is 11.3 Å². The van der Waals surface area contributed by atoms with Crippen LogP contribution in [0.25, 0.3) is 10.2 Å². The van der Waals surface area contributed by atoms with E-state index < -0.39 is 10.1 Å². The summed E-state index contributed by atoms with van der Waals surface area (Å²) in [6, 6.07) is 4.60. The van der Waals surface area contributed by atoms with Crippen molar-refractivity contribution >= 4 is 31.7 Å². The molecule has 2 aromatic rings.